The van der Waals surface area contributed by atoms with Crippen LogP contribution in [0.25, 0.3) is 10.4 Å². The summed E-state index contributed by atoms with van der Waals surface area (Å²) in [6.07, 6.45) is 0. The average molecular weight is 219 g/mol. The molecule has 0 fully saturated rings. The molecule has 0 amide bonds. The van der Waals surface area contributed by atoms with Crippen LogP contribution in [0.15, 0.2) is 42.5 Å². The van der Waals surface area contributed by atoms with Crippen LogP contribution >= 0.6 is 11.3 Å². The van der Waals surface area contributed by atoms with E-state index in [9.17, 15) is 4.79 Å². The lowest BCUT2D eigenvalue weighted by Gasteiger charge is -1.97. The molecule has 0 spiro atoms. The highest BCUT2D eigenvalue weighted by Gasteiger charge is 2.01. The van der Waals surface area contributed by atoms with Gasteiger partial charge in [-0.2, -0.15) is 0 Å². The summed E-state index contributed by atoms with van der Waals surface area (Å²) in [6.45, 7) is 0. The lowest BCUT2D eigenvalue weighted by atomic mass is 10.2. The Morgan fingerprint density at radius 2 is 1.79 bits per heavy atom. The van der Waals surface area contributed by atoms with Gasteiger partial charge in [-0.05, 0) is 17.7 Å². The van der Waals surface area contributed by atoms with Crippen molar-refractivity contribution in [2.24, 2.45) is 0 Å². The molecule has 0 aliphatic heterocycles. The largest absolute Gasteiger partial charge is 0.736 e. The second-order valence-electron chi connectivity index (χ2n) is 2.82. The average Bonchev–Trinajstić information content (AvgIpc) is 2.68. The summed E-state index contributed by atoms with van der Waals surface area (Å²) in [7, 11) is 0. The molecule has 2 rings (SSSR count). The second-order valence-corrected chi connectivity index (χ2v) is 4.27. The fraction of sp³-hybridized carbons (Fsp3) is 0. The third-order valence-corrected chi connectivity index (χ3v) is 3.35. The Kier molecular flexibility index (Phi) is 2.61. The smallest absolute Gasteiger partial charge is 0.0523 e. The van der Waals surface area contributed by atoms with E-state index < -0.39 is 0 Å². The molecule has 14 heavy (non-hydrogen) atoms. The summed E-state index contributed by atoms with van der Waals surface area (Å²) in [5.41, 5.74) is 1.12. The van der Waals surface area contributed by atoms with Crippen LogP contribution in [-0.2, 0) is 12.6 Å². The van der Waals surface area contributed by atoms with Crippen LogP contribution in [0.5, 0.6) is 0 Å². The van der Waals surface area contributed by atoms with Gasteiger partial charge in [0, 0.05) is 9.75 Å². The number of carbonyl (C=O) groups excluding carboxylic acids is 1. The minimum atomic E-state index is -0.280. The quantitative estimate of drug-likeness (QED) is 0.722. The number of carbonyl (C=O) groups is 1. The molecular weight excluding hydrogens is 212 g/mol. The molecule has 0 aliphatic rings. The van der Waals surface area contributed by atoms with E-state index in [1.807, 2.05) is 36.4 Å². The highest BCUT2D eigenvalue weighted by molar-refractivity contribution is 7.78. The third kappa shape index (κ3) is 1.84. The molecule has 0 saturated carbocycles. The molecule has 1 heterocycles. The van der Waals surface area contributed by atoms with Crippen molar-refractivity contribution in [1.82, 2.24) is 0 Å². The predicted molar refractivity (Wildman–Crippen MR) is 61.5 cm³/mol. The minimum Gasteiger partial charge on any atom is -0.736 e. The molecule has 0 N–H and O–H groups in total. The van der Waals surface area contributed by atoms with E-state index in [-0.39, 0.29) is 5.12 Å². The highest BCUT2D eigenvalue weighted by atomic mass is 32.1. The van der Waals surface area contributed by atoms with Gasteiger partial charge in [0.15, 0.2) is 0 Å². The van der Waals surface area contributed by atoms with Crippen molar-refractivity contribution in [1.29, 1.82) is 0 Å². The van der Waals surface area contributed by atoms with Gasteiger partial charge >= 0.3 is 0 Å². The number of rotatable bonds is 2. The van der Waals surface area contributed by atoms with Crippen LogP contribution in [-0.4, -0.2) is 5.12 Å². The summed E-state index contributed by atoms with van der Waals surface area (Å²) in [5.74, 6) is 0. The van der Waals surface area contributed by atoms with Gasteiger partial charge in [0.1, 0.15) is 0 Å². The molecule has 3 heteroatoms. The third-order valence-electron chi connectivity index (χ3n) is 1.87. The summed E-state index contributed by atoms with van der Waals surface area (Å²) >= 11 is 6.02. The predicted octanol–water partition coefficient (Wildman–Crippen LogP) is 3.10. The Hall–Kier alpha value is -1.19. The van der Waals surface area contributed by atoms with Gasteiger partial charge in [-0.3, -0.25) is 0 Å². The first-order chi connectivity index (χ1) is 6.77. The Morgan fingerprint density at radius 1 is 1.07 bits per heavy atom. The van der Waals surface area contributed by atoms with Gasteiger partial charge in [-0.15, -0.1) is 11.3 Å². The molecule has 0 aliphatic carbocycles. The molecule has 0 atom stereocenters. The van der Waals surface area contributed by atoms with E-state index in [1.165, 1.54) is 11.3 Å². The summed E-state index contributed by atoms with van der Waals surface area (Å²) in [6, 6.07) is 13.7. The Bertz CT molecular complexity index is 445. The van der Waals surface area contributed by atoms with Gasteiger partial charge in [0.2, 0.25) is 0 Å². The Labute approximate surface area is 91.8 Å². The molecule has 1 nitrogen and oxygen atoms in total. The van der Waals surface area contributed by atoms with Gasteiger partial charge < -0.3 is 17.4 Å². The number of benzene rings is 1. The van der Waals surface area contributed by atoms with Crippen molar-refractivity contribution < 1.29 is 4.79 Å². The first-order valence-electron chi connectivity index (χ1n) is 4.14. The standard InChI is InChI=1S/C11H8OS2/c12-11(13)10-7-6-9(14-10)8-4-2-1-3-5-8/h1-7H,(H,12,13)/p-1. The zero-order chi connectivity index (χ0) is 9.97. The first kappa shape index (κ1) is 9.37. The fourth-order valence-electron chi connectivity index (χ4n) is 1.21. The maximum atomic E-state index is 10.9. The molecule has 0 saturated heterocycles. The van der Waals surface area contributed by atoms with Gasteiger partial charge in [0.25, 0.3) is 0 Å². The summed E-state index contributed by atoms with van der Waals surface area (Å²) in [5, 5.41) is -0.280. The minimum absolute atomic E-state index is 0.280. The van der Waals surface area contributed by atoms with E-state index in [4.69, 9.17) is 0 Å². The zero-order valence-electron chi connectivity index (χ0n) is 7.27. The normalized spacial score (nSPS) is 10.0. The maximum absolute atomic E-state index is 10.9. The SMILES string of the molecule is O=C([S-])c1ccc(-c2ccccc2)s1. The van der Waals surface area contributed by atoms with Crippen molar-refractivity contribution in [2.45, 2.75) is 0 Å². The van der Waals surface area contributed by atoms with Crippen LogP contribution in [0.4, 0.5) is 0 Å². The van der Waals surface area contributed by atoms with Crippen molar-refractivity contribution in [2.75, 3.05) is 0 Å². The van der Waals surface area contributed by atoms with Gasteiger partial charge in [0.05, 0.1) is 5.12 Å². The fourth-order valence-corrected chi connectivity index (χ4v) is 2.24. The summed E-state index contributed by atoms with van der Waals surface area (Å²) < 4.78 is 0. The second kappa shape index (κ2) is 3.90. The summed E-state index contributed by atoms with van der Waals surface area (Å²) in [4.78, 5) is 12.6. The lowest BCUT2D eigenvalue weighted by Crippen LogP contribution is -1.85. The number of thiophene rings is 1. The monoisotopic (exact) mass is 219 g/mol. The van der Waals surface area contributed by atoms with Gasteiger partial charge in [-0.25, -0.2) is 0 Å². The molecule has 1 aromatic carbocycles. The molecule has 0 bridgehead atoms. The van der Waals surface area contributed by atoms with E-state index >= 15 is 0 Å². The molecule has 1 aromatic heterocycles. The van der Waals surface area contributed by atoms with Crippen LogP contribution in [0.2, 0.25) is 0 Å². The first-order valence-corrected chi connectivity index (χ1v) is 5.36. The van der Waals surface area contributed by atoms with Crippen molar-refractivity contribution in [3.05, 3.63) is 47.3 Å². The Balaban J connectivity index is 2.39. The molecule has 0 radical (unpaired) electrons. The van der Waals surface area contributed by atoms with Crippen molar-refractivity contribution in [3.63, 3.8) is 0 Å². The van der Waals surface area contributed by atoms with Crippen LogP contribution in [0.3, 0.4) is 0 Å². The molecule has 70 valence electrons. The van der Waals surface area contributed by atoms with Crippen LogP contribution in [0, 0.1) is 0 Å². The lowest BCUT2D eigenvalue weighted by molar-refractivity contribution is 0.109. The number of hydrogen-bond acceptors (Lipinski definition) is 3. The topological polar surface area (TPSA) is 17.1 Å². The Morgan fingerprint density at radius 3 is 2.36 bits per heavy atom. The van der Waals surface area contributed by atoms with E-state index in [1.54, 1.807) is 6.07 Å². The molecular formula is C11H7OS2-. The highest BCUT2D eigenvalue weighted by Crippen LogP contribution is 2.27. The molecule has 0 unspecified atom stereocenters. The van der Waals surface area contributed by atoms with E-state index in [0.717, 1.165) is 10.4 Å². The molecule has 2 aromatic rings. The van der Waals surface area contributed by atoms with E-state index in [0.29, 0.717) is 4.88 Å². The van der Waals surface area contributed by atoms with Crippen molar-refractivity contribution >= 4 is 29.1 Å². The van der Waals surface area contributed by atoms with Crippen LogP contribution in [0.1, 0.15) is 9.67 Å². The van der Waals surface area contributed by atoms with E-state index in [2.05, 4.69) is 12.6 Å². The number of hydrogen-bond donors (Lipinski definition) is 0. The maximum Gasteiger partial charge on any atom is 0.0523 e. The van der Waals surface area contributed by atoms with Crippen molar-refractivity contribution in [3.8, 4) is 10.4 Å². The zero-order valence-corrected chi connectivity index (χ0v) is 8.90. The van der Waals surface area contributed by atoms with Crippen LogP contribution < -0.4 is 0 Å². The van der Waals surface area contributed by atoms with Gasteiger partial charge in [-0.1, -0.05) is 30.3 Å².